The lowest BCUT2D eigenvalue weighted by Gasteiger charge is -2.11. The van der Waals surface area contributed by atoms with Gasteiger partial charge in [-0.1, -0.05) is 15.9 Å². The number of benzene rings is 2. The fourth-order valence-electron chi connectivity index (χ4n) is 1.64. The molecule has 21 heavy (non-hydrogen) atoms. The molecule has 0 radical (unpaired) electrons. The van der Waals surface area contributed by atoms with Gasteiger partial charge < -0.3 is 10.1 Å². The lowest BCUT2D eigenvalue weighted by Crippen LogP contribution is -2.14. The van der Waals surface area contributed by atoms with E-state index in [0.717, 1.165) is 4.47 Å². The molecule has 3 nitrogen and oxygen atoms in total. The van der Waals surface area contributed by atoms with Crippen molar-refractivity contribution in [2.75, 3.05) is 12.4 Å². The van der Waals surface area contributed by atoms with Gasteiger partial charge in [0.05, 0.1) is 22.8 Å². The molecule has 0 unspecified atom stereocenters. The Kier molecular flexibility index (Phi) is 5.40. The van der Waals surface area contributed by atoms with Gasteiger partial charge in [-0.3, -0.25) is 4.79 Å². The number of methoxy groups -OCH3 is 1. The highest BCUT2D eigenvalue weighted by Gasteiger charge is 2.15. The van der Waals surface area contributed by atoms with Crippen LogP contribution in [0.4, 0.5) is 10.1 Å². The zero-order chi connectivity index (χ0) is 15.6. The standard InChI is InChI=1S/C14H9Br3FNO2/c1-21-13-6-12(9(16)5-10(13)17)19-14(20)8-3-2-7(15)4-11(8)18/h2-6H,1H3,(H,19,20). The molecule has 2 aromatic carbocycles. The normalized spacial score (nSPS) is 10.3. The molecular weight excluding hydrogens is 473 g/mol. The van der Waals surface area contributed by atoms with E-state index in [2.05, 4.69) is 53.1 Å². The largest absolute Gasteiger partial charge is 0.495 e. The monoisotopic (exact) mass is 479 g/mol. The van der Waals surface area contributed by atoms with Gasteiger partial charge in [-0.05, 0) is 56.1 Å². The van der Waals surface area contributed by atoms with Gasteiger partial charge in [-0.25, -0.2) is 4.39 Å². The van der Waals surface area contributed by atoms with Crippen LogP contribution in [0.1, 0.15) is 10.4 Å². The first kappa shape index (κ1) is 16.5. The average Bonchev–Trinajstić information content (AvgIpc) is 2.41. The fourth-order valence-corrected chi connectivity index (χ4v) is 3.23. The molecule has 7 heteroatoms. The molecule has 0 fully saturated rings. The molecule has 0 aliphatic heterocycles. The second-order valence-corrected chi connectivity index (χ2v) is 6.67. The molecule has 0 heterocycles. The van der Waals surface area contributed by atoms with E-state index in [1.165, 1.54) is 19.2 Å². The second kappa shape index (κ2) is 6.89. The average molecular weight is 482 g/mol. The van der Waals surface area contributed by atoms with Gasteiger partial charge in [-0.15, -0.1) is 0 Å². The highest BCUT2D eigenvalue weighted by molar-refractivity contribution is 9.11. The third-order valence-corrected chi connectivity index (χ3v) is 4.43. The number of carbonyl (C=O) groups is 1. The van der Waals surface area contributed by atoms with Gasteiger partial charge in [-0.2, -0.15) is 0 Å². The molecule has 2 rings (SSSR count). The van der Waals surface area contributed by atoms with E-state index in [1.807, 2.05) is 0 Å². The Bertz CT molecular complexity index is 707. The summed E-state index contributed by atoms with van der Waals surface area (Å²) < 4.78 is 20.9. The van der Waals surface area contributed by atoms with E-state index in [4.69, 9.17) is 4.74 Å². The maximum atomic E-state index is 13.8. The molecule has 2 aromatic rings. The second-order valence-electron chi connectivity index (χ2n) is 4.04. The summed E-state index contributed by atoms with van der Waals surface area (Å²) in [7, 11) is 1.52. The highest BCUT2D eigenvalue weighted by Crippen LogP contribution is 2.34. The maximum absolute atomic E-state index is 13.8. The number of anilines is 1. The van der Waals surface area contributed by atoms with Gasteiger partial charge in [0.25, 0.3) is 5.91 Å². The van der Waals surface area contributed by atoms with Crippen LogP contribution in [0.2, 0.25) is 0 Å². The lowest BCUT2D eigenvalue weighted by molar-refractivity contribution is 0.102. The summed E-state index contributed by atoms with van der Waals surface area (Å²) >= 11 is 9.83. The summed E-state index contributed by atoms with van der Waals surface area (Å²) in [4.78, 5) is 12.1. The number of amides is 1. The number of carbonyl (C=O) groups excluding carboxylic acids is 1. The Balaban J connectivity index is 2.31. The van der Waals surface area contributed by atoms with Crippen molar-refractivity contribution in [2.24, 2.45) is 0 Å². The van der Waals surface area contributed by atoms with Crippen molar-refractivity contribution >= 4 is 59.4 Å². The van der Waals surface area contributed by atoms with E-state index in [1.54, 1.807) is 18.2 Å². The molecule has 0 saturated heterocycles. The SMILES string of the molecule is COc1cc(NC(=O)c2ccc(Br)cc2F)c(Br)cc1Br. The predicted molar refractivity (Wildman–Crippen MR) is 90.4 cm³/mol. The maximum Gasteiger partial charge on any atom is 0.258 e. The first-order chi connectivity index (χ1) is 9.92. The summed E-state index contributed by atoms with van der Waals surface area (Å²) in [5.41, 5.74) is 0.453. The Labute approximate surface area is 146 Å². The van der Waals surface area contributed by atoms with Crippen LogP contribution in [0, 0.1) is 5.82 Å². The Hall–Kier alpha value is -0.920. The first-order valence-corrected chi connectivity index (χ1v) is 8.09. The van der Waals surface area contributed by atoms with Crippen LogP contribution >= 0.6 is 47.8 Å². The number of nitrogens with one attached hydrogen (secondary N) is 1. The molecule has 0 saturated carbocycles. The zero-order valence-electron chi connectivity index (χ0n) is 10.7. The van der Waals surface area contributed by atoms with E-state index >= 15 is 0 Å². The van der Waals surface area contributed by atoms with Crippen molar-refractivity contribution in [2.45, 2.75) is 0 Å². The molecule has 0 bridgehead atoms. The van der Waals surface area contributed by atoms with Crippen LogP contribution in [0.5, 0.6) is 5.75 Å². The minimum Gasteiger partial charge on any atom is -0.495 e. The fraction of sp³-hybridized carbons (Fsp3) is 0.0714. The molecule has 0 atom stereocenters. The van der Waals surface area contributed by atoms with Crippen molar-refractivity contribution in [3.05, 3.63) is 55.1 Å². The molecule has 1 N–H and O–H groups in total. The highest BCUT2D eigenvalue weighted by atomic mass is 79.9. The molecule has 110 valence electrons. The number of rotatable bonds is 3. The minimum atomic E-state index is -0.595. The van der Waals surface area contributed by atoms with Crippen molar-refractivity contribution in [3.63, 3.8) is 0 Å². The number of halogens is 4. The van der Waals surface area contributed by atoms with Crippen molar-refractivity contribution in [3.8, 4) is 5.75 Å². The van der Waals surface area contributed by atoms with Gasteiger partial charge >= 0.3 is 0 Å². The van der Waals surface area contributed by atoms with E-state index in [0.29, 0.717) is 20.4 Å². The van der Waals surface area contributed by atoms with Gasteiger partial charge in [0.15, 0.2) is 0 Å². The minimum absolute atomic E-state index is 0.0352. The van der Waals surface area contributed by atoms with Crippen LogP contribution < -0.4 is 10.1 Å². The van der Waals surface area contributed by atoms with Crippen LogP contribution in [0.3, 0.4) is 0 Å². The molecule has 0 spiro atoms. The van der Waals surface area contributed by atoms with Crippen LogP contribution in [-0.4, -0.2) is 13.0 Å². The molecular formula is C14H9Br3FNO2. The summed E-state index contributed by atoms with van der Waals surface area (Å²) in [5, 5.41) is 2.65. The Morgan fingerprint density at radius 1 is 1.14 bits per heavy atom. The van der Waals surface area contributed by atoms with Gasteiger partial charge in [0.2, 0.25) is 0 Å². The summed E-state index contributed by atoms with van der Waals surface area (Å²) in [6.07, 6.45) is 0. The molecule has 0 aromatic heterocycles. The first-order valence-electron chi connectivity index (χ1n) is 5.72. The van der Waals surface area contributed by atoms with E-state index < -0.39 is 11.7 Å². The smallest absolute Gasteiger partial charge is 0.258 e. The third-order valence-electron chi connectivity index (χ3n) is 2.67. The molecule has 1 amide bonds. The number of hydrogen-bond acceptors (Lipinski definition) is 2. The van der Waals surface area contributed by atoms with Crippen LogP contribution in [0.15, 0.2) is 43.7 Å². The summed E-state index contributed by atoms with van der Waals surface area (Å²) in [5.74, 6) is -0.572. The lowest BCUT2D eigenvalue weighted by atomic mass is 10.2. The van der Waals surface area contributed by atoms with Gasteiger partial charge in [0.1, 0.15) is 11.6 Å². The van der Waals surface area contributed by atoms with Crippen molar-refractivity contribution < 1.29 is 13.9 Å². The quantitative estimate of drug-likeness (QED) is 0.639. The van der Waals surface area contributed by atoms with Crippen molar-refractivity contribution in [1.29, 1.82) is 0 Å². The number of hydrogen-bond donors (Lipinski definition) is 1. The van der Waals surface area contributed by atoms with Crippen molar-refractivity contribution in [1.82, 2.24) is 0 Å². The third kappa shape index (κ3) is 3.84. The van der Waals surface area contributed by atoms with Gasteiger partial charge in [0, 0.05) is 15.0 Å². The molecule has 0 aliphatic rings. The predicted octanol–water partition coefficient (Wildman–Crippen LogP) is 5.37. The number of ether oxygens (including phenoxy) is 1. The van der Waals surface area contributed by atoms with E-state index in [9.17, 15) is 9.18 Å². The molecule has 0 aliphatic carbocycles. The Morgan fingerprint density at radius 3 is 2.48 bits per heavy atom. The zero-order valence-corrected chi connectivity index (χ0v) is 15.5. The van der Waals surface area contributed by atoms with Crippen LogP contribution in [-0.2, 0) is 0 Å². The van der Waals surface area contributed by atoms with Crippen LogP contribution in [0.25, 0.3) is 0 Å². The topological polar surface area (TPSA) is 38.3 Å². The summed E-state index contributed by atoms with van der Waals surface area (Å²) in [6, 6.07) is 7.65. The Morgan fingerprint density at radius 2 is 1.86 bits per heavy atom. The van der Waals surface area contributed by atoms with E-state index in [-0.39, 0.29) is 5.56 Å². The summed E-state index contributed by atoms with van der Waals surface area (Å²) in [6.45, 7) is 0.